The topological polar surface area (TPSA) is 12.0 Å². The lowest BCUT2D eigenvalue weighted by Gasteiger charge is -2.34. The second kappa shape index (κ2) is 2.26. The number of allylic oxidation sites excluding steroid dienone is 1. The van der Waals surface area contributed by atoms with E-state index in [0.29, 0.717) is 0 Å². The molecular formula is C10H15N. The molecule has 1 nitrogen and oxygen atoms in total. The highest BCUT2D eigenvalue weighted by molar-refractivity contribution is 5.43. The van der Waals surface area contributed by atoms with Crippen molar-refractivity contribution < 1.29 is 0 Å². The van der Waals surface area contributed by atoms with Crippen LogP contribution in [0.15, 0.2) is 36.1 Å². The molecule has 1 rings (SSSR count). The van der Waals surface area contributed by atoms with Gasteiger partial charge in [0, 0.05) is 5.70 Å². The Bertz CT molecular complexity index is 244. The molecule has 0 fully saturated rings. The van der Waals surface area contributed by atoms with Gasteiger partial charge in [-0.15, -0.1) is 0 Å². The maximum absolute atomic E-state index is 3.97. The van der Waals surface area contributed by atoms with Gasteiger partial charge in [-0.05, 0) is 31.9 Å². The van der Waals surface area contributed by atoms with Gasteiger partial charge in [0.2, 0.25) is 0 Å². The third-order valence-electron chi connectivity index (χ3n) is 2.13. The van der Waals surface area contributed by atoms with Crippen LogP contribution in [-0.4, -0.2) is 5.54 Å². The number of hydrogen-bond acceptors (Lipinski definition) is 1. The van der Waals surface area contributed by atoms with Gasteiger partial charge >= 0.3 is 0 Å². The molecule has 1 aliphatic rings. The van der Waals surface area contributed by atoms with Gasteiger partial charge < -0.3 is 5.32 Å². The van der Waals surface area contributed by atoms with E-state index in [1.54, 1.807) is 0 Å². The summed E-state index contributed by atoms with van der Waals surface area (Å²) in [5.41, 5.74) is 3.26. The molecular weight excluding hydrogens is 134 g/mol. The molecule has 0 aromatic heterocycles. The van der Waals surface area contributed by atoms with Crippen LogP contribution in [0.3, 0.4) is 0 Å². The lowest BCUT2D eigenvalue weighted by atomic mass is 9.89. The second-order valence-corrected chi connectivity index (χ2v) is 3.58. The Morgan fingerprint density at radius 3 is 2.36 bits per heavy atom. The minimum absolute atomic E-state index is 0.0312. The first-order chi connectivity index (χ1) is 4.93. The SMILES string of the molecule is C=C1NC(C)(C)C(=C)C=C1C. The molecule has 0 saturated heterocycles. The molecule has 0 aromatic rings. The first kappa shape index (κ1) is 8.12. The van der Waals surface area contributed by atoms with Crippen LogP contribution in [0.5, 0.6) is 0 Å². The Morgan fingerprint density at radius 2 is 1.91 bits per heavy atom. The Hall–Kier alpha value is -0.980. The van der Waals surface area contributed by atoms with Gasteiger partial charge in [-0.3, -0.25) is 0 Å². The zero-order chi connectivity index (χ0) is 8.65. The molecule has 0 aromatic carbocycles. The van der Waals surface area contributed by atoms with Gasteiger partial charge in [0.1, 0.15) is 0 Å². The third kappa shape index (κ3) is 1.37. The van der Waals surface area contributed by atoms with Crippen LogP contribution in [0, 0.1) is 0 Å². The first-order valence-corrected chi connectivity index (χ1v) is 3.78. The molecule has 0 aliphatic carbocycles. The molecule has 0 unspecified atom stereocenters. The molecule has 0 radical (unpaired) electrons. The Balaban J connectivity index is 3.03. The van der Waals surface area contributed by atoms with Crippen molar-refractivity contribution in [3.63, 3.8) is 0 Å². The second-order valence-electron chi connectivity index (χ2n) is 3.58. The zero-order valence-electron chi connectivity index (χ0n) is 7.49. The van der Waals surface area contributed by atoms with Gasteiger partial charge in [-0.1, -0.05) is 19.2 Å². The Morgan fingerprint density at radius 1 is 1.36 bits per heavy atom. The van der Waals surface area contributed by atoms with E-state index in [1.807, 2.05) is 6.92 Å². The van der Waals surface area contributed by atoms with Gasteiger partial charge in [0.25, 0.3) is 0 Å². The van der Waals surface area contributed by atoms with E-state index in [1.165, 1.54) is 5.57 Å². The lowest BCUT2D eigenvalue weighted by Crippen LogP contribution is -2.42. The van der Waals surface area contributed by atoms with Gasteiger partial charge in [-0.25, -0.2) is 0 Å². The maximum atomic E-state index is 3.97. The predicted octanol–water partition coefficient (Wildman–Crippen LogP) is 2.38. The van der Waals surface area contributed by atoms with Crippen LogP contribution < -0.4 is 5.32 Å². The number of nitrogens with one attached hydrogen (secondary N) is 1. The molecule has 1 heteroatoms. The average molecular weight is 149 g/mol. The molecule has 1 N–H and O–H groups in total. The largest absolute Gasteiger partial charge is 0.376 e. The fourth-order valence-corrected chi connectivity index (χ4v) is 1.08. The highest BCUT2D eigenvalue weighted by Crippen LogP contribution is 2.25. The molecule has 60 valence electrons. The van der Waals surface area contributed by atoms with Crippen molar-refractivity contribution >= 4 is 0 Å². The van der Waals surface area contributed by atoms with Crippen LogP contribution in [0.2, 0.25) is 0 Å². The third-order valence-corrected chi connectivity index (χ3v) is 2.13. The van der Waals surface area contributed by atoms with E-state index in [-0.39, 0.29) is 5.54 Å². The monoisotopic (exact) mass is 149 g/mol. The molecule has 0 saturated carbocycles. The van der Waals surface area contributed by atoms with E-state index in [9.17, 15) is 0 Å². The van der Waals surface area contributed by atoms with Gasteiger partial charge in [0.15, 0.2) is 0 Å². The molecule has 0 atom stereocenters. The summed E-state index contributed by atoms with van der Waals surface area (Å²) in [4.78, 5) is 0. The highest BCUT2D eigenvalue weighted by atomic mass is 15.0. The summed E-state index contributed by atoms with van der Waals surface area (Å²) in [6, 6.07) is 0. The molecule has 11 heavy (non-hydrogen) atoms. The summed E-state index contributed by atoms with van der Waals surface area (Å²) in [5.74, 6) is 0. The van der Waals surface area contributed by atoms with E-state index >= 15 is 0 Å². The fourth-order valence-electron chi connectivity index (χ4n) is 1.08. The normalized spacial score (nSPS) is 22.6. The van der Waals surface area contributed by atoms with Crippen molar-refractivity contribution in [2.45, 2.75) is 26.3 Å². The van der Waals surface area contributed by atoms with Crippen LogP contribution in [0.4, 0.5) is 0 Å². The van der Waals surface area contributed by atoms with Crippen molar-refractivity contribution in [1.29, 1.82) is 0 Å². The maximum Gasteiger partial charge on any atom is 0.0563 e. The first-order valence-electron chi connectivity index (χ1n) is 3.78. The minimum Gasteiger partial charge on any atom is -0.376 e. The minimum atomic E-state index is -0.0312. The summed E-state index contributed by atoms with van der Waals surface area (Å²) in [7, 11) is 0. The smallest absolute Gasteiger partial charge is 0.0563 e. The molecule has 1 aliphatic heterocycles. The Labute approximate surface area is 68.5 Å². The highest BCUT2D eigenvalue weighted by Gasteiger charge is 2.24. The summed E-state index contributed by atoms with van der Waals surface area (Å²) < 4.78 is 0. The van der Waals surface area contributed by atoms with Gasteiger partial charge in [0.05, 0.1) is 5.54 Å². The summed E-state index contributed by atoms with van der Waals surface area (Å²) in [6.07, 6.45) is 2.08. The zero-order valence-corrected chi connectivity index (χ0v) is 7.49. The van der Waals surface area contributed by atoms with Crippen LogP contribution in [0.1, 0.15) is 20.8 Å². The van der Waals surface area contributed by atoms with Crippen LogP contribution in [0.25, 0.3) is 0 Å². The molecule has 0 bridgehead atoms. The van der Waals surface area contributed by atoms with Crippen LogP contribution >= 0.6 is 0 Å². The van der Waals surface area contributed by atoms with Gasteiger partial charge in [-0.2, -0.15) is 0 Å². The van der Waals surface area contributed by atoms with Crippen molar-refractivity contribution in [3.05, 3.63) is 36.1 Å². The lowest BCUT2D eigenvalue weighted by molar-refractivity contribution is 0.505. The molecule has 1 heterocycles. The van der Waals surface area contributed by atoms with Crippen molar-refractivity contribution in [2.75, 3.05) is 0 Å². The number of hydrogen-bond donors (Lipinski definition) is 1. The van der Waals surface area contributed by atoms with Crippen molar-refractivity contribution in [1.82, 2.24) is 5.32 Å². The van der Waals surface area contributed by atoms with E-state index < -0.39 is 0 Å². The number of rotatable bonds is 0. The summed E-state index contributed by atoms with van der Waals surface area (Å²) >= 11 is 0. The average Bonchev–Trinajstić information content (AvgIpc) is 1.83. The van der Waals surface area contributed by atoms with Crippen LogP contribution in [-0.2, 0) is 0 Å². The standard InChI is InChI=1S/C10H15N/c1-7-6-8(2)10(4,5)11-9(7)3/h6,11H,2-3H2,1,4-5H3. The Kier molecular flexibility index (Phi) is 1.67. The molecule has 0 amide bonds. The predicted molar refractivity (Wildman–Crippen MR) is 49.3 cm³/mol. The summed E-state index contributed by atoms with van der Waals surface area (Å²) in [6.45, 7) is 14.1. The van der Waals surface area contributed by atoms with E-state index in [2.05, 4.69) is 38.4 Å². The quantitative estimate of drug-likeness (QED) is 0.557. The summed E-state index contributed by atoms with van der Waals surface area (Å²) in [5, 5.41) is 3.29. The molecule has 0 spiro atoms. The van der Waals surface area contributed by atoms with E-state index in [4.69, 9.17) is 0 Å². The fraction of sp³-hybridized carbons (Fsp3) is 0.400. The van der Waals surface area contributed by atoms with Crippen molar-refractivity contribution in [2.24, 2.45) is 0 Å². The van der Waals surface area contributed by atoms with E-state index in [0.717, 1.165) is 11.3 Å². The van der Waals surface area contributed by atoms with Crippen molar-refractivity contribution in [3.8, 4) is 0 Å².